The lowest BCUT2D eigenvalue weighted by Crippen LogP contribution is -2.12. The Hall–Kier alpha value is -1.84. The molecule has 3 nitrogen and oxygen atoms in total. The minimum atomic E-state index is -0.789. The Balaban J connectivity index is 2.41. The lowest BCUT2D eigenvalue weighted by molar-refractivity contribution is 0.272. The van der Waals surface area contributed by atoms with Gasteiger partial charge in [-0.05, 0) is 12.5 Å². The summed E-state index contributed by atoms with van der Waals surface area (Å²) in [6.07, 6.45) is 1.92. The molecule has 1 aromatic heterocycles. The van der Waals surface area contributed by atoms with Crippen LogP contribution in [0.4, 0.5) is 8.78 Å². The van der Waals surface area contributed by atoms with Crippen molar-refractivity contribution in [1.82, 2.24) is 4.98 Å². The highest BCUT2D eigenvalue weighted by molar-refractivity contribution is 7.09. The predicted molar refractivity (Wildman–Crippen MR) is 71.3 cm³/mol. The van der Waals surface area contributed by atoms with E-state index in [-0.39, 0.29) is 18.1 Å². The van der Waals surface area contributed by atoms with Gasteiger partial charge in [-0.15, -0.1) is 11.3 Å². The Morgan fingerprint density at radius 1 is 1.40 bits per heavy atom. The number of rotatable bonds is 5. The molecule has 1 N–H and O–H groups in total. The van der Waals surface area contributed by atoms with Crippen molar-refractivity contribution in [3.8, 4) is 6.07 Å². The molecule has 0 aliphatic carbocycles. The molecule has 2 atom stereocenters. The molecule has 6 heteroatoms. The number of aliphatic hydroxyl groups excluding tert-OH is 1. The topological polar surface area (TPSA) is 56.9 Å². The Morgan fingerprint density at radius 3 is 2.75 bits per heavy atom. The lowest BCUT2D eigenvalue weighted by atomic mass is 9.84. The molecule has 0 radical (unpaired) electrons. The van der Waals surface area contributed by atoms with Crippen molar-refractivity contribution in [2.75, 3.05) is 6.61 Å². The smallest absolute Gasteiger partial charge is 0.130 e. The van der Waals surface area contributed by atoms with Crippen molar-refractivity contribution in [2.24, 2.45) is 0 Å². The second kappa shape index (κ2) is 6.55. The molecular formula is C14H12F2N2OS. The van der Waals surface area contributed by atoms with Crippen LogP contribution in [0.5, 0.6) is 0 Å². The van der Waals surface area contributed by atoms with E-state index in [2.05, 4.69) is 11.1 Å². The number of nitrogens with zero attached hydrogens (tertiary/aromatic N) is 2. The monoisotopic (exact) mass is 294 g/mol. The van der Waals surface area contributed by atoms with Crippen molar-refractivity contribution in [3.63, 3.8) is 0 Å². The summed E-state index contributed by atoms with van der Waals surface area (Å²) in [6.45, 7) is -0.121. The molecule has 0 bridgehead atoms. The minimum absolute atomic E-state index is 0.121. The zero-order valence-corrected chi connectivity index (χ0v) is 11.3. The number of thiazole rings is 1. The molecule has 2 rings (SSSR count). The highest BCUT2D eigenvalue weighted by Crippen LogP contribution is 2.37. The molecule has 0 amide bonds. The molecule has 0 aliphatic heterocycles. The third-order valence-corrected chi connectivity index (χ3v) is 4.00. The summed E-state index contributed by atoms with van der Waals surface area (Å²) in [4.78, 5) is 4.75. The van der Waals surface area contributed by atoms with Gasteiger partial charge in [0.15, 0.2) is 0 Å². The van der Waals surface area contributed by atoms with Gasteiger partial charge in [-0.1, -0.05) is 6.07 Å². The van der Waals surface area contributed by atoms with Crippen LogP contribution >= 0.6 is 11.3 Å². The van der Waals surface area contributed by atoms with Crippen molar-refractivity contribution in [2.45, 2.75) is 18.3 Å². The molecule has 1 heterocycles. The van der Waals surface area contributed by atoms with Crippen molar-refractivity contribution in [1.29, 1.82) is 5.26 Å². The number of aromatic nitrogens is 1. The standard InChI is InChI=1S/C14H12F2N2OS/c15-9-1-2-10(13(16)5-9)12(6-17)11(3-4-19)14-7-18-8-20-14/h1-2,5,7-8,11-12,19H,3-4H2/t11-,12+/m0/s1. The third-order valence-electron chi connectivity index (χ3n) is 3.10. The summed E-state index contributed by atoms with van der Waals surface area (Å²) in [7, 11) is 0. The zero-order valence-electron chi connectivity index (χ0n) is 10.5. The van der Waals surface area contributed by atoms with Gasteiger partial charge in [0.25, 0.3) is 0 Å². The molecule has 2 aromatic rings. The third kappa shape index (κ3) is 3.00. The molecule has 0 unspecified atom stereocenters. The maximum atomic E-state index is 13.9. The van der Waals surface area contributed by atoms with E-state index in [1.807, 2.05) is 0 Å². The van der Waals surface area contributed by atoms with Gasteiger partial charge in [-0.2, -0.15) is 5.26 Å². The van der Waals surface area contributed by atoms with E-state index in [9.17, 15) is 14.0 Å². The van der Waals surface area contributed by atoms with E-state index in [4.69, 9.17) is 5.11 Å². The predicted octanol–water partition coefficient (Wildman–Crippen LogP) is 3.19. The fourth-order valence-electron chi connectivity index (χ4n) is 2.15. The van der Waals surface area contributed by atoms with Gasteiger partial charge in [0.05, 0.1) is 17.5 Å². The Kier molecular flexibility index (Phi) is 4.77. The molecule has 0 spiro atoms. The van der Waals surface area contributed by atoms with Gasteiger partial charge in [-0.3, -0.25) is 4.98 Å². The van der Waals surface area contributed by atoms with Crippen LogP contribution in [0.1, 0.15) is 28.7 Å². The van der Waals surface area contributed by atoms with Gasteiger partial charge in [0.1, 0.15) is 11.6 Å². The number of aliphatic hydroxyl groups is 1. The van der Waals surface area contributed by atoms with E-state index >= 15 is 0 Å². The average Bonchev–Trinajstić information content (AvgIpc) is 2.94. The normalized spacial score (nSPS) is 13.7. The Bertz CT molecular complexity index is 610. The van der Waals surface area contributed by atoms with Crippen LogP contribution in [0.25, 0.3) is 0 Å². The van der Waals surface area contributed by atoms with Gasteiger partial charge in [0.2, 0.25) is 0 Å². The summed E-state index contributed by atoms with van der Waals surface area (Å²) >= 11 is 1.35. The average molecular weight is 294 g/mol. The first-order valence-corrected chi connectivity index (χ1v) is 6.89. The van der Waals surface area contributed by atoms with Gasteiger partial charge >= 0.3 is 0 Å². The minimum Gasteiger partial charge on any atom is -0.396 e. The first-order chi connectivity index (χ1) is 9.67. The first-order valence-electron chi connectivity index (χ1n) is 6.01. The molecule has 104 valence electrons. The van der Waals surface area contributed by atoms with Gasteiger partial charge in [0, 0.05) is 35.2 Å². The number of hydrogen-bond donors (Lipinski definition) is 1. The Morgan fingerprint density at radius 2 is 2.20 bits per heavy atom. The van der Waals surface area contributed by atoms with E-state index in [1.165, 1.54) is 17.4 Å². The maximum Gasteiger partial charge on any atom is 0.130 e. The van der Waals surface area contributed by atoms with Crippen molar-refractivity contribution < 1.29 is 13.9 Å². The molecule has 0 fully saturated rings. The number of halogens is 2. The maximum absolute atomic E-state index is 13.9. The number of benzene rings is 1. The molecule has 0 saturated heterocycles. The van der Waals surface area contributed by atoms with Crippen LogP contribution in [-0.4, -0.2) is 16.7 Å². The van der Waals surface area contributed by atoms with Crippen LogP contribution < -0.4 is 0 Å². The van der Waals surface area contributed by atoms with Crippen molar-refractivity contribution in [3.05, 3.63) is 52.0 Å². The zero-order chi connectivity index (χ0) is 14.5. The SMILES string of the molecule is N#C[C@H](c1ccc(F)cc1F)[C@H](CCO)c1cncs1. The van der Waals surface area contributed by atoms with E-state index in [0.29, 0.717) is 6.42 Å². The quantitative estimate of drug-likeness (QED) is 0.921. The fourth-order valence-corrected chi connectivity index (χ4v) is 2.94. The lowest BCUT2D eigenvalue weighted by Gasteiger charge is -2.20. The van der Waals surface area contributed by atoms with Crippen LogP contribution in [0, 0.1) is 23.0 Å². The second-order valence-corrected chi connectivity index (χ2v) is 5.21. The first kappa shape index (κ1) is 14.6. The molecule has 20 heavy (non-hydrogen) atoms. The Labute approximate surface area is 119 Å². The molecule has 0 saturated carbocycles. The van der Waals surface area contributed by atoms with E-state index < -0.39 is 17.6 Å². The summed E-state index contributed by atoms with van der Waals surface area (Å²) in [5.74, 6) is -2.58. The summed E-state index contributed by atoms with van der Waals surface area (Å²) in [6, 6.07) is 5.24. The molecule has 1 aromatic carbocycles. The summed E-state index contributed by atoms with van der Waals surface area (Å²) in [5.41, 5.74) is 1.76. The number of hydrogen-bond acceptors (Lipinski definition) is 4. The van der Waals surface area contributed by atoms with Gasteiger partial charge < -0.3 is 5.11 Å². The number of nitriles is 1. The molecular weight excluding hydrogens is 282 g/mol. The van der Waals surface area contributed by atoms with E-state index in [1.54, 1.807) is 11.7 Å². The van der Waals surface area contributed by atoms with Crippen molar-refractivity contribution >= 4 is 11.3 Å². The summed E-state index contributed by atoms with van der Waals surface area (Å²) in [5, 5.41) is 18.5. The van der Waals surface area contributed by atoms with Crippen LogP contribution in [0.2, 0.25) is 0 Å². The van der Waals surface area contributed by atoms with Crippen LogP contribution in [0.15, 0.2) is 29.9 Å². The highest BCUT2D eigenvalue weighted by atomic mass is 32.1. The van der Waals surface area contributed by atoms with Crippen LogP contribution in [0.3, 0.4) is 0 Å². The van der Waals surface area contributed by atoms with Gasteiger partial charge in [-0.25, -0.2) is 8.78 Å². The summed E-state index contributed by atoms with van der Waals surface area (Å²) < 4.78 is 26.8. The highest BCUT2D eigenvalue weighted by Gasteiger charge is 2.28. The van der Waals surface area contributed by atoms with Crippen LogP contribution in [-0.2, 0) is 0 Å². The molecule has 0 aliphatic rings. The second-order valence-electron chi connectivity index (χ2n) is 4.30. The van der Waals surface area contributed by atoms with E-state index in [0.717, 1.165) is 17.0 Å². The fraction of sp³-hybridized carbons (Fsp3) is 0.286. The largest absolute Gasteiger partial charge is 0.396 e.